The average Bonchev–Trinajstić information content (AvgIpc) is 3.90. The standard InChI is InChI=1S/C32H16N8O12S4.Fe/c41-49-51-53-13-1-5-17-21(9-13)30-34-25(17)33-29-22-10-14(54-52-50-42)2-6-18(22)26(35-29)37-31-24-12-16(56(46,47)48)4-8-20(24)28(39-31)40-32-23-11-15(55(43,44)45)3-7-19(23)27(36-30)38-32;/h1-12H,(H4-2,33,34,35,36,37,38,39,40,41,42,43,44,45,46,47,48);/q-2;+2. The summed E-state index contributed by atoms with van der Waals surface area (Å²) < 4.78 is 77.9. The van der Waals surface area contributed by atoms with E-state index in [0.717, 1.165) is 6.07 Å². The van der Waals surface area contributed by atoms with Crippen molar-refractivity contribution >= 4 is 88.5 Å². The molecule has 2 aliphatic rings. The zero-order valence-corrected chi connectivity index (χ0v) is 31.9. The van der Waals surface area contributed by atoms with Crippen LogP contribution in [0.1, 0.15) is 0 Å². The topological polar surface area (TPSA) is 292 Å². The van der Waals surface area contributed by atoms with Gasteiger partial charge in [-0.1, -0.05) is 34.3 Å². The van der Waals surface area contributed by atoms with Crippen molar-refractivity contribution in [2.24, 2.45) is 0 Å². The van der Waals surface area contributed by atoms with Gasteiger partial charge in [-0.2, -0.15) is 16.8 Å². The molecule has 3 aromatic heterocycles. The summed E-state index contributed by atoms with van der Waals surface area (Å²) in [6, 6.07) is 17.3. The van der Waals surface area contributed by atoms with E-state index in [1.165, 1.54) is 30.3 Å². The van der Waals surface area contributed by atoms with Crippen molar-refractivity contribution in [1.29, 1.82) is 0 Å². The van der Waals surface area contributed by atoms with E-state index < -0.39 is 30.0 Å². The number of rotatable bonds is 8. The Morgan fingerprint density at radius 2 is 0.877 bits per heavy atom. The largest absolute Gasteiger partial charge is 2.00 e. The van der Waals surface area contributed by atoms with Crippen molar-refractivity contribution in [3.8, 4) is 45.6 Å². The maximum atomic E-state index is 12.2. The molecular formula is C32H16FeN8O12S4. The first-order valence-corrected chi connectivity index (χ1v) is 19.8. The van der Waals surface area contributed by atoms with Crippen LogP contribution in [0.3, 0.4) is 0 Å². The summed E-state index contributed by atoms with van der Waals surface area (Å²) in [5.74, 6) is 0.163. The number of nitrogens with zero attached hydrogens (tertiary/aromatic N) is 8. The van der Waals surface area contributed by atoms with Gasteiger partial charge in [0.25, 0.3) is 20.2 Å². The third-order valence-corrected chi connectivity index (χ3v) is 11.4. The average molecular weight is 889 g/mol. The molecule has 20 nitrogen and oxygen atoms in total. The zero-order chi connectivity index (χ0) is 38.9. The molecule has 0 amide bonds. The smallest absolute Gasteiger partial charge is 0.357 e. The fraction of sp³-hybridized carbons (Fsp3) is 0. The maximum absolute atomic E-state index is 12.2. The van der Waals surface area contributed by atoms with Crippen molar-refractivity contribution in [2.45, 2.75) is 19.6 Å². The molecule has 7 aromatic rings. The molecule has 0 spiro atoms. The van der Waals surface area contributed by atoms with Gasteiger partial charge in [0.05, 0.1) is 57.2 Å². The Bertz CT molecular complexity index is 3220. The molecule has 5 heterocycles. The zero-order valence-electron chi connectivity index (χ0n) is 27.5. The van der Waals surface area contributed by atoms with Gasteiger partial charge in [0, 0.05) is 54.6 Å². The summed E-state index contributed by atoms with van der Waals surface area (Å²) in [6.07, 6.45) is 0. The monoisotopic (exact) mass is 888 g/mol. The van der Waals surface area contributed by atoms with Crippen LogP contribution in [-0.2, 0) is 56.0 Å². The van der Waals surface area contributed by atoms with Gasteiger partial charge >= 0.3 is 17.1 Å². The number of hydrogen-bond donors (Lipinski definition) is 4. The van der Waals surface area contributed by atoms with Gasteiger partial charge in [-0.3, -0.25) is 9.11 Å². The van der Waals surface area contributed by atoms with Crippen LogP contribution >= 0.6 is 24.1 Å². The molecular weight excluding hydrogens is 873 g/mol. The SMILES string of the molecule is O=S(=O)(O)c1ccc2c(c1)-c1nc-2nc2[n-]c(nc3nc(nc4[n-]c(n1)c1ccc(S(=O)(=O)O)cc41)-c1ccc(SOOO)cc1-3)c1ccc(SOOO)cc21.[Fe+2]. The van der Waals surface area contributed by atoms with Gasteiger partial charge < -0.3 is 29.9 Å². The molecule has 4 N–H and O–H groups in total. The molecule has 0 atom stereocenters. The summed E-state index contributed by atoms with van der Waals surface area (Å²) in [5.41, 5.74) is 1.51. The third kappa shape index (κ3) is 7.15. The Morgan fingerprint density at radius 1 is 0.474 bits per heavy atom. The van der Waals surface area contributed by atoms with E-state index in [1.807, 2.05) is 0 Å². The predicted molar refractivity (Wildman–Crippen MR) is 195 cm³/mol. The molecule has 288 valence electrons. The van der Waals surface area contributed by atoms with Gasteiger partial charge in [-0.05, 0) is 70.1 Å². The Balaban J connectivity index is 0.00000455. The maximum Gasteiger partial charge on any atom is 2.00 e. The third-order valence-electron chi connectivity index (χ3n) is 8.50. The number of aromatic nitrogens is 8. The van der Waals surface area contributed by atoms with E-state index in [1.54, 1.807) is 36.4 Å². The second kappa shape index (κ2) is 14.8. The molecule has 0 unspecified atom stereocenters. The summed E-state index contributed by atoms with van der Waals surface area (Å²) in [7, 11) is -9.36. The minimum Gasteiger partial charge on any atom is -0.357 e. The fourth-order valence-electron chi connectivity index (χ4n) is 6.11. The van der Waals surface area contributed by atoms with Crippen LogP contribution in [0.15, 0.2) is 92.4 Å². The van der Waals surface area contributed by atoms with Crippen LogP contribution in [0.5, 0.6) is 0 Å². The van der Waals surface area contributed by atoms with Crippen molar-refractivity contribution in [3.63, 3.8) is 0 Å². The molecule has 9 rings (SSSR count). The Labute approximate surface area is 336 Å². The molecule has 4 aromatic carbocycles. The van der Waals surface area contributed by atoms with Gasteiger partial charge in [-0.25, -0.2) is 20.5 Å². The summed E-state index contributed by atoms with van der Waals surface area (Å²) in [5, 5.41) is 26.4. The summed E-state index contributed by atoms with van der Waals surface area (Å²) in [6.45, 7) is 0. The van der Waals surface area contributed by atoms with Crippen LogP contribution < -0.4 is 9.97 Å². The van der Waals surface area contributed by atoms with Gasteiger partial charge in [0.1, 0.15) is 0 Å². The first kappa shape index (κ1) is 38.9. The van der Waals surface area contributed by atoms with Crippen molar-refractivity contribution in [2.75, 3.05) is 0 Å². The van der Waals surface area contributed by atoms with Crippen LogP contribution in [0.2, 0.25) is 0 Å². The van der Waals surface area contributed by atoms with Gasteiger partial charge in [0.2, 0.25) is 0 Å². The van der Waals surface area contributed by atoms with E-state index in [-0.39, 0.29) is 79.3 Å². The second-order valence-corrected chi connectivity index (χ2v) is 16.1. The van der Waals surface area contributed by atoms with E-state index >= 15 is 0 Å². The van der Waals surface area contributed by atoms with E-state index in [2.05, 4.69) is 33.7 Å². The van der Waals surface area contributed by atoms with Crippen LogP contribution in [-0.4, -0.2) is 66.4 Å². The van der Waals surface area contributed by atoms with E-state index in [4.69, 9.17) is 35.4 Å². The molecule has 57 heavy (non-hydrogen) atoms. The fourth-order valence-corrected chi connectivity index (χ4v) is 7.92. The first-order chi connectivity index (χ1) is 26.9. The summed E-state index contributed by atoms with van der Waals surface area (Å²) in [4.78, 5) is 37.6. The molecule has 25 heteroatoms. The molecule has 0 saturated heterocycles. The predicted octanol–water partition coefficient (Wildman–Crippen LogP) is 5.47. The second-order valence-electron chi connectivity index (χ2n) is 11.7. The number of fused-ring (bicyclic) bond motifs is 20. The quantitative estimate of drug-likeness (QED) is 0.0483. The van der Waals surface area contributed by atoms with E-state index in [9.17, 15) is 25.9 Å². The van der Waals surface area contributed by atoms with Crippen LogP contribution in [0, 0.1) is 0 Å². The Morgan fingerprint density at radius 3 is 1.42 bits per heavy atom. The molecule has 0 radical (unpaired) electrons. The van der Waals surface area contributed by atoms with Crippen molar-refractivity contribution < 1.29 is 72.3 Å². The number of hydrogen-bond acceptors (Lipinski definition) is 18. The number of benzene rings is 4. The van der Waals surface area contributed by atoms with Gasteiger partial charge in [-0.15, -0.1) is 8.67 Å². The molecule has 0 saturated carbocycles. The van der Waals surface area contributed by atoms with Crippen molar-refractivity contribution in [1.82, 2.24) is 39.9 Å². The van der Waals surface area contributed by atoms with Gasteiger partial charge in [0.15, 0.2) is 0 Å². The minimum absolute atomic E-state index is 0. The molecule has 2 aliphatic heterocycles. The van der Waals surface area contributed by atoms with E-state index in [0.29, 0.717) is 61.3 Å². The van der Waals surface area contributed by atoms with Crippen LogP contribution in [0.25, 0.3) is 89.7 Å². The molecule has 0 fully saturated rings. The Hall–Kier alpha value is -4.96. The first-order valence-electron chi connectivity index (χ1n) is 15.4. The molecule has 0 aliphatic carbocycles. The normalized spacial score (nSPS) is 12.4. The molecule has 8 bridgehead atoms. The Kier molecular flexibility index (Phi) is 10.1. The van der Waals surface area contributed by atoms with Crippen molar-refractivity contribution in [3.05, 3.63) is 72.8 Å². The van der Waals surface area contributed by atoms with Crippen LogP contribution in [0.4, 0.5) is 0 Å². The minimum atomic E-state index is -4.68. The summed E-state index contributed by atoms with van der Waals surface area (Å²) >= 11 is 1.39.